The molecule has 0 atom stereocenters. The summed E-state index contributed by atoms with van der Waals surface area (Å²) in [5.74, 6) is 0. The van der Waals surface area contributed by atoms with Gasteiger partial charge in [0.1, 0.15) is 28.1 Å². The molecule has 0 heterocycles. The van der Waals surface area contributed by atoms with E-state index >= 15 is 0 Å². The van der Waals surface area contributed by atoms with E-state index in [4.69, 9.17) is 0 Å². The van der Waals surface area contributed by atoms with Crippen LogP contribution in [-0.4, -0.2) is 8.42 Å². The molecule has 0 fully saturated rings. The molecule has 0 amide bonds. The Bertz CT molecular complexity index is 1140. The first-order valence-corrected chi connectivity index (χ1v) is 12.9. The second kappa shape index (κ2) is 9.86. The maximum Gasteiger partial charge on any atom is 0.332 e. The molecule has 0 saturated heterocycles. The standard InChI is InChI=1S/C25H21FO2PS.BrH/c26-30(27,28)25-19-11-10-12-21(25)20-29(22-13-4-1-5-14-22,23-15-6-2-7-16-23)24-17-8-3-9-18-24;/h1-19H,20H2;1H/q+1;/p-1. The van der Waals surface area contributed by atoms with Gasteiger partial charge in [-0.2, -0.15) is 8.42 Å². The highest BCUT2D eigenvalue weighted by Gasteiger charge is 2.46. The number of benzene rings is 4. The van der Waals surface area contributed by atoms with Gasteiger partial charge in [0.2, 0.25) is 0 Å². The average molecular weight is 515 g/mol. The first-order chi connectivity index (χ1) is 14.5. The monoisotopic (exact) mass is 514 g/mol. The van der Waals surface area contributed by atoms with Crippen molar-refractivity contribution in [2.24, 2.45) is 0 Å². The van der Waals surface area contributed by atoms with Crippen LogP contribution in [0.1, 0.15) is 5.56 Å². The van der Waals surface area contributed by atoms with Gasteiger partial charge in [0.25, 0.3) is 0 Å². The van der Waals surface area contributed by atoms with Gasteiger partial charge in [0, 0.05) is 5.56 Å². The van der Waals surface area contributed by atoms with E-state index in [9.17, 15) is 12.3 Å². The number of hydrogen-bond donors (Lipinski definition) is 0. The molecule has 4 aromatic rings. The molecule has 0 unspecified atom stereocenters. The lowest BCUT2D eigenvalue weighted by molar-refractivity contribution is -0.00000936. The molecular weight excluding hydrogens is 494 g/mol. The van der Waals surface area contributed by atoms with Crippen LogP contribution in [0.2, 0.25) is 0 Å². The summed E-state index contributed by atoms with van der Waals surface area (Å²) >= 11 is 0. The largest absolute Gasteiger partial charge is 1.00 e. The Morgan fingerprint density at radius 1 is 0.581 bits per heavy atom. The number of hydrogen-bond acceptors (Lipinski definition) is 2. The number of halogens is 2. The fourth-order valence-electron chi connectivity index (χ4n) is 3.90. The van der Waals surface area contributed by atoms with Gasteiger partial charge in [-0.3, -0.25) is 0 Å². The molecule has 158 valence electrons. The number of rotatable bonds is 6. The van der Waals surface area contributed by atoms with Crippen molar-refractivity contribution < 1.29 is 29.3 Å². The Morgan fingerprint density at radius 2 is 0.935 bits per heavy atom. The summed E-state index contributed by atoms with van der Waals surface area (Å²) in [6.45, 7) is 0. The highest BCUT2D eigenvalue weighted by molar-refractivity contribution is 7.95. The summed E-state index contributed by atoms with van der Waals surface area (Å²) in [7, 11) is -7.14. The zero-order chi connectivity index (χ0) is 21.0. The molecule has 0 saturated carbocycles. The van der Waals surface area contributed by atoms with Crippen molar-refractivity contribution in [3.05, 3.63) is 121 Å². The van der Waals surface area contributed by atoms with Crippen LogP contribution in [0.4, 0.5) is 3.89 Å². The smallest absolute Gasteiger partial charge is 0.332 e. The second-order valence-electron chi connectivity index (χ2n) is 7.02. The van der Waals surface area contributed by atoms with E-state index in [0.717, 1.165) is 15.9 Å². The van der Waals surface area contributed by atoms with E-state index in [2.05, 4.69) is 36.4 Å². The van der Waals surface area contributed by atoms with Gasteiger partial charge in [-0.05, 0) is 42.5 Å². The highest BCUT2D eigenvalue weighted by Crippen LogP contribution is 2.58. The molecule has 0 N–H and O–H groups in total. The van der Waals surface area contributed by atoms with Gasteiger partial charge in [-0.15, -0.1) is 3.89 Å². The Morgan fingerprint density at radius 3 is 1.32 bits per heavy atom. The van der Waals surface area contributed by atoms with Gasteiger partial charge in [-0.1, -0.05) is 72.8 Å². The van der Waals surface area contributed by atoms with Crippen molar-refractivity contribution in [3.63, 3.8) is 0 Å². The molecule has 0 spiro atoms. The van der Waals surface area contributed by atoms with Gasteiger partial charge < -0.3 is 17.0 Å². The normalized spacial score (nSPS) is 11.5. The lowest BCUT2D eigenvalue weighted by Crippen LogP contribution is -3.00. The van der Waals surface area contributed by atoms with Crippen LogP contribution in [0.3, 0.4) is 0 Å². The minimum Gasteiger partial charge on any atom is -1.00 e. The second-order valence-corrected chi connectivity index (χ2v) is 11.8. The predicted molar refractivity (Wildman–Crippen MR) is 124 cm³/mol. The zero-order valence-electron chi connectivity index (χ0n) is 16.6. The predicted octanol–water partition coefficient (Wildman–Crippen LogP) is 1.84. The summed E-state index contributed by atoms with van der Waals surface area (Å²) in [5.41, 5.74) is 0.491. The summed E-state index contributed by atoms with van der Waals surface area (Å²) in [6, 6.07) is 36.8. The fourth-order valence-corrected chi connectivity index (χ4v) is 8.97. The minimum atomic E-state index is -4.83. The Hall–Kier alpha value is -2.33. The van der Waals surface area contributed by atoms with Crippen molar-refractivity contribution in [1.82, 2.24) is 0 Å². The summed E-state index contributed by atoms with van der Waals surface area (Å²) in [5, 5.41) is 3.36. The molecule has 31 heavy (non-hydrogen) atoms. The van der Waals surface area contributed by atoms with Crippen LogP contribution in [0.15, 0.2) is 120 Å². The maximum atomic E-state index is 14.1. The average Bonchev–Trinajstić information content (AvgIpc) is 2.79. The van der Waals surface area contributed by atoms with Crippen LogP contribution in [0.25, 0.3) is 0 Å². The quantitative estimate of drug-likeness (QED) is 0.290. The van der Waals surface area contributed by atoms with Gasteiger partial charge in [0.05, 0.1) is 6.16 Å². The van der Waals surface area contributed by atoms with Crippen molar-refractivity contribution in [3.8, 4) is 0 Å². The summed E-state index contributed by atoms with van der Waals surface area (Å²) < 4.78 is 37.9. The van der Waals surface area contributed by atoms with E-state index in [1.165, 1.54) is 6.07 Å². The first kappa shape index (κ1) is 23.3. The molecule has 4 rings (SSSR count). The van der Waals surface area contributed by atoms with Crippen molar-refractivity contribution in [2.45, 2.75) is 11.1 Å². The van der Waals surface area contributed by atoms with Crippen molar-refractivity contribution in [1.29, 1.82) is 0 Å². The first-order valence-electron chi connectivity index (χ1n) is 9.59. The molecule has 0 aromatic heterocycles. The molecule has 0 aliphatic rings. The molecule has 0 aliphatic heterocycles. The molecule has 6 heteroatoms. The van der Waals surface area contributed by atoms with Crippen molar-refractivity contribution in [2.75, 3.05) is 0 Å². The topological polar surface area (TPSA) is 34.1 Å². The third-order valence-electron chi connectivity index (χ3n) is 5.23. The molecule has 0 radical (unpaired) electrons. The Kier molecular flexibility index (Phi) is 7.42. The third-order valence-corrected chi connectivity index (χ3v) is 10.5. The fraction of sp³-hybridized carbons (Fsp3) is 0.0400. The van der Waals surface area contributed by atoms with E-state index in [1.54, 1.807) is 18.2 Å². The lowest BCUT2D eigenvalue weighted by atomic mass is 10.2. The Balaban J connectivity index is 0.00000272. The van der Waals surface area contributed by atoms with Gasteiger partial charge in [-0.25, -0.2) is 0 Å². The van der Waals surface area contributed by atoms with Gasteiger partial charge in [0.15, 0.2) is 0 Å². The van der Waals surface area contributed by atoms with Gasteiger partial charge >= 0.3 is 10.2 Å². The molecule has 4 aromatic carbocycles. The van der Waals surface area contributed by atoms with Crippen LogP contribution < -0.4 is 32.9 Å². The van der Waals surface area contributed by atoms with E-state index in [1.807, 2.05) is 54.6 Å². The van der Waals surface area contributed by atoms with E-state index < -0.39 is 17.5 Å². The SMILES string of the molecule is O=S(=O)(F)c1ccccc1C[P+](c1ccccc1)(c1ccccc1)c1ccccc1.[Br-]. The molecule has 0 bridgehead atoms. The lowest BCUT2D eigenvalue weighted by Gasteiger charge is -2.28. The van der Waals surface area contributed by atoms with Crippen LogP contribution in [-0.2, 0) is 16.4 Å². The van der Waals surface area contributed by atoms with E-state index in [0.29, 0.717) is 11.7 Å². The maximum absolute atomic E-state index is 14.1. The van der Waals surface area contributed by atoms with Crippen molar-refractivity contribution >= 4 is 33.4 Å². The summed E-state index contributed by atoms with van der Waals surface area (Å²) in [6.07, 6.45) is 0.407. The van der Waals surface area contributed by atoms with Crippen LogP contribution in [0, 0.1) is 0 Å². The van der Waals surface area contributed by atoms with Crippen LogP contribution >= 0.6 is 7.26 Å². The van der Waals surface area contributed by atoms with Crippen LogP contribution in [0.5, 0.6) is 0 Å². The summed E-state index contributed by atoms with van der Waals surface area (Å²) in [4.78, 5) is -0.253. The molecular formula is C25H21BrFO2PS. The zero-order valence-corrected chi connectivity index (χ0v) is 19.9. The Labute approximate surface area is 194 Å². The minimum absolute atomic E-state index is 0. The van der Waals surface area contributed by atoms with E-state index in [-0.39, 0.29) is 21.9 Å². The molecule has 0 aliphatic carbocycles. The molecule has 2 nitrogen and oxygen atoms in total. The highest BCUT2D eigenvalue weighted by atomic mass is 79.9. The third kappa shape index (κ3) is 4.79.